The van der Waals surface area contributed by atoms with Crippen LogP contribution in [0.4, 0.5) is 0 Å². The Hall–Kier alpha value is -5.58. The summed E-state index contributed by atoms with van der Waals surface area (Å²) in [5, 5.41) is 2.60. The largest absolute Gasteiger partial charge is 0.274 e. The molecule has 0 saturated heterocycles. The number of unbranched alkanes of at least 4 members (excludes halogenated alkanes) is 28. The molecule has 14 heteroatoms. The van der Waals surface area contributed by atoms with Crippen molar-refractivity contribution in [2.24, 2.45) is 5.92 Å². The number of amides is 2. The standard InChI is InChI=1S/C94H121N5O2S7/c1-7-13-19-25-29-30-32-38-48-66(47-37-31-26-20-14-8-2)65-99-93(100)83-80(76-62-59-73(103-76)72-58-57-71(102-72)67-49-43-35-44-50-67)85-86(98-108-97-85)81(84(83)94(99)101)77-63-60-74(104-77)75-61-64-78(105-75)82-88-89(106-92(96-88)70(54-40-24-18-12-6)56-42-34-28-22-16-10-4)79(68-51-45-36-46-52-68)87-90(82)107-91(95-87)69(53-39-23-17-11-5)55-41-33-27-21-15-9-3/h35-36,43-46,49-52,57-64,66,69-70H,7-34,37-42,47-48,53-56,65H2,1-6H3. The molecule has 11 aromatic rings. The van der Waals surface area contributed by atoms with Gasteiger partial charge < -0.3 is 0 Å². The van der Waals surface area contributed by atoms with Crippen molar-refractivity contribution in [3.63, 3.8) is 0 Å². The number of thiazole rings is 2. The molecule has 0 spiro atoms. The summed E-state index contributed by atoms with van der Waals surface area (Å²) in [6.45, 7) is 14.3. The van der Waals surface area contributed by atoms with E-state index in [0.717, 1.165) is 67.4 Å². The molecule has 0 N–H and O–H groups in total. The number of thiophene rings is 4. The van der Waals surface area contributed by atoms with Crippen LogP contribution < -0.4 is 0 Å². The van der Waals surface area contributed by atoms with Gasteiger partial charge in [0.1, 0.15) is 11.0 Å². The van der Waals surface area contributed by atoms with Crippen molar-refractivity contribution >= 4 is 123 Å². The maximum atomic E-state index is 16.1. The van der Waals surface area contributed by atoms with E-state index in [1.807, 2.05) is 34.0 Å². The lowest BCUT2D eigenvalue weighted by atomic mass is 9.93. The Labute approximate surface area is 676 Å². The minimum atomic E-state index is -0.190. The lowest BCUT2D eigenvalue weighted by Gasteiger charge is -2.23. The fraction of sp³-hybridized carbons (Fsp3) is 0.532. The number of hydrogen-bond donors (Lipinski definition) is 0. The van der Waals surface area contributed by atoms with Crippen LogP contribution in [0.15, 0.2) is 109 Å². The number of carbonyl (C=O) groups is 2. The molecular formula is C94H121N5O2S7. The monoisotopic (exact) mass is 1580 g/mol. The molecule has 0 bridgehead atoms. The molecule has 0 radical (unpaired) electrons. The molecule has 2 amide bonds. The van der Waals surface area contributed by atoms with Crippen LogP contribution in [0.25, 0.3) is 104 Å². The first kappa shape index (κ1) is 81.9. The highest BCUT2D eigenvalue weighted by Crippen LogP contribution is 2.55. The summed E-state index contributed by atoms with van der Waals surface area (Å²) in [5.74, 6) is 0.669. The van der Waals surface area contributed by atoms with Gasteiger partial charge in [-0.15, -0.1) is 68.0 Å². The highest BCUT2D eigenvalue weighted by Gasteiger charge is 2.44. The number of nitrogens with zero attached hydrogens (tertiary/aromatic N) is 5. The topological polar surface area (TPSA) is 88.9 Å². The minimum Gasteiger partial charge on any atom is -0.274 e. The van der Waals surface area contributed by atoms with Crippen LogP contribution in [-0.2, 0) is 0 Å². The summed E-state index contributed by atoms with van der Waals surface area (Å²) < 4.78 is 12.8. The van der Waals surface area contributed by atoms with Crippen LogP contribution in [0.5, 0.6) is 0 Å². The number of benzene rings is 4. The average Bonchev–Trinajstić information content (AvgIpc) is 1.56. The van der Waals surface area contributed by atoms with Crippen molar-refractivity contribution in [3.05, 3.63) is 130 Å². The second kappa shape index (κ2) is 42.9. The zero-order chi connectivity index (χ0) is 74.8. The number of carbonyl (C=O) groups excluding carboxylic acids is 2. The van der Waals surface area contributed by atoms with Gasteiger partial charge in [-0.1, -0.05) is 321 Å². The van der Waals surface area contributed by atoms with Crippen molar-refractivity contribution in [1.82, 2.24) is 23.6 Å². The Balaban J connectivity index is 0.955. The normalized spacial score (nSPS) is 13.4. The maximum Gasteiger partial charge on any atom is 0.262 e. The lowest BCUT2D eigenvalue weighted by molar-refractivity contribution is 0.0622. The number of fused-ring (bicyclic) bond motifs is 4. The van der Waals surface area contributed by atoms with Crippen LogP contribution in [0.1, 0.15) is 341 Å². The van der Waals surface area contributed by atoms with E-state index in [0.29, 0.717) is 40.5 Å². The van der Waals surface area contributed by atoms with Crippen molar-refractivity contribution in [1.29, 1.82) is 0 Å². The molecule has 576 valence electrons. The molecule has 3 unspecified atom stereocenters. The van der Waals surface area contributed by atoms with E-state index in [9.17, 15) is 0 Å². The first-order valence-corrected chi connectivity index (χ1v) is 48.3. The third-order valence-corrected chi connectivity index (χ3v) is 30.6. The van der Waals surface area contributed by atoms with Crippen LogP contribution >= 0.6 is 79.7 Å². The van der Waals surface area contributed by atoms with E-state index < -0.39 is 0 Å². The smallest absolute Gasteiger partial charge is 0.262 e. The van der Waals surface area contributed by atoms with Gasteiger partial charge in [0.15, 0.2) is 0 Å². The fourth-order valence-electron chi connectivity index (χ4n) is 16.6. The van der Waals surface area contributed by atoms with E-state index in [1.54, 1.807) is 38.9 Å². The van der Waals surface area contributed by atoms with E-state index in [2.05, 4.69) is 151 Å². The van der Waals surface area contributed by atoms with Gasteiger partial charge in [0.25, 0.3) is 11.8 Å². The molecule has 8 heterocycles. The molecular weight excluding hydrogens is 1460 g/mol. The van der Waals surface area contributed by atoms with Gasteiger partial charge in [0.2, 0.25) is 0 Å². The summed E-state index contributed by atoms with van der Waals surface area (Å²) in [6.07, 6.45) is 49.7. The molecule has 0 fully saturated rings. The van der Waals surface area contributed by atoms with Crippen molar-refractivity contribution in [3.8, 4) is 72.4 Å². The van der Waals surface area contributed by atoms with Crippen LogP contribution in [0.3, 0.4) is 0 Å². The van der Waals surface area contributed by atoms with E-state index >= 15 is 9.59 Å². The highest BCUT2D eigenvalue weighted by atomic mass is 32.1. The molecule has 1 aliphatic heterocycles. The van der Waals surface area contributed by atoms with Crippen LogP contribution in [0, 0.1) is 5.92 Å². The quantitative estimate of drug-likeness (QED) is 0.0279. The fourth-order valence-corrected chi connectivity index (χ4v) is 24.2. The average molecular weight is 1580 g/mol. The molecule has 7 nitrogen and oxygen atoms in total. The van der Waals surface area contributed by atoms with E-state index in [1.165, 1.54) is 304 Å². The second-order valence-corrected chi connectivity index (χ2v) is 38.1. The first-order valence-electron chi connectivity index (χ1n) is 42.7. The second-order valence-electron chi connectivity index (χ2n) is 31.2. The number of rotatable bonds is 51. The Morgan fingerprint density at radius 2 is 0.593 bits per heavy atom. The first-order chi connectivity index (χ1) is 53.2. The van der Waals surface area contributed by atoms with Crippen molar-refractivity contribution < 1.29 is 9.59 Å². The van der Waals surface area contributed by atoms with Gasteiger partial charge >= 0.3 is 0 Å². The molecule has 7 aromatic heterocycles. The van der Waals surface area contributed by atoms with Crippen LogP contribution in [-0.4, -0.2) is 42.0 Å². The molecule has 3 atom stereocenters. The summed E-state index contributed by atoms with van der Waals surface area (Å²) in [7, 11) is 0. The lowest BCUT2D eigenvalue weighted by Crippen LogP contribution is -2.34. The number of aromatic nitrogens is 4. The number of hydrogen-bond acceptors (Lipinski definition) is 13. The zero-order valence-corrected chi connectivity index (χ0v) is 71.7. The van der Waals surface area contributed by atoms with Gasteiger partial charge in [0, 0.05) is 79.7 Å². The van der Waals surface area contributed by atoms with Crippen molar-refractivity contribution in [2.45, 2.75) is 310 Å². The van der Waals surface area contributed by atoms with E-state index in [-0.39, 0.29) is 17.7 Å². The molecule has 1 aliphatic rings. The Morgan fingerprint density at radius 3 is 0.991 bits per heavy atom. The molecule has 4 aromatic carbocycles. The summed E-state index contributed by atoms with van der Waals surface area (Å²) in [6, 6.07) is 39.7. The molecule has 0 saturated carbocycles. The third-order valence-electron chi connectivity index (χ3n) is 22.8. The van der Waals surface area contributed by atoms with Gasteiger partial charge in [-0.2, -0.15) is 8.75 Å². The summed E-state index contributed by atoms with van der Waals surface area (Å²) in [4.78, 5) is 54.6. The Bertz CT molecular complexity index is 4460. The summed E-state index contributed by atoms with van der Waals surface area (Å²) in [5.41, 5.74) is 11.0. The Kier molecular flexibility index (Phi) is 32.5. The predicted molar refractivity (Wildman–Crippen MR) is 476 cm³/mol. The molecule has 108 heavy (non-hydrogen) atoms. The Morgan fingerprint density at radius 1 is 0.287 bits per heavy atom. The van der Waals surface area contributed by atoms with Crippen molar-refractivity contribution in [2.75, 3.05) is 6.54 Å². The maximum absolute atomic E-state index is 16.1. The number of imide groups is 1. The third kappa shape index (κ3) is 20.8. The minimum absolute atomic E-state index is 0.190. The SMILES string of the molecule is CCCCCCCCCCC(CCCCCCCC)CN1C(=O)c2c(c(-c3ccc(-c4ccc(-c5c6nc(C(CCCCCC)CCCCCCCC)sc6c(-c6ccccc6)c6nc(C(CCCCCC)CCCCCCCC)sc56)s4)s3)c3nsnc3c2-c2ccc(-c3ccc(-c4ccccc4)s3)s2)C1=O. The van der Waals surface area contributed by atoms with Gasteiger partial charge in [-0.25, -0.2) is 9.97 Å². The van der Waals surface area contributed by atoms with E-state index in [4.69, 9.17) is 18.7 Å². The molecule has 12 rings (SSSR count). The van der Waals surface area contributed by atoms with Gasteiger partial charge in [-0.3, -0.25) is 14.5 Å². The van der Waals surface area contributed by atoms with Gasteiger partial charge in [0.05, 0.1) is 53.3 Å². The zero-order valence-electron chi connectivity index (χ0n) is 66.0. The molecule has 0 aliphatic carbocycles. The predicted octanol–water partition coefficient (Wildman–Crippen LogP) is 32.9. The highest BCUT2D eigenvalue weighted by molar-refractivity contribution is 7.27. The van der Waals surface area contributed by atoms with Crippen LogP contribution in [0.2, 0.25) is 0 Å². The summed E-state index contributed by atoms with van der Waals surface area (Å²) >= 11 is 12.2. The van der Waals surface area contributed by atoms with Gasteiger partial charge in [-0.05, 0) is 104 Å².